The summed E-state index contributed by atoms with van der Waals surface area (Å²) in [6.07, 6.45) is -4.83. The van der Waals surface area contributed by atoms with E-state index in [1.54, 1.807) is 0 Å². The summed E-state index contributed by atoms with van der Waals surface area (Å²) in [7, 11) is 2.64. The summed E-state index contributed by atoms with van der Waals surface area (Å²) in [4.78, 5) is 29.0. The molecule has 110 valence electrons. The fourth-order valence-electron chi connectivity index (χ4n) is 1.77. The zero-order chi connectivity index (χ0) is 14.6. The van der Waals surface area contributed by atoms with Crippen LogP contribution in [0.15, 0.2) is 0 Å². The lowest BCUT2D eigenvalue weighted by Crippen LogP contribution is -2.46. The van der Waals surface area contributed by atoms with Gasteiger partial charge in [0.1, 0.15) is 6.04 Å². The molecule has 0 saturated carbocycles. The second-order valence-electron chi connectivity index (χ2n) is 4.04. The lowest BCUT2D eigenvalue weighted by atomic mass is 10.2. The van der Waals surface area contributed by atoms with Crippen LogP contribution < -0.4 is 0 Å². The lowest BCUT2D eigenvalue weighted by molar-refractivity contribution is -0.174. The van der Waals surface area contributed by atoms with Crippen LogP contribution in [0.3, 0.4) is 0 Å². The van der Waals surface area contributed by atoms with Crippen molar-refractivity contribution in [2.45, 2.75) is 25.1 Å². The Balaban J connectivity index is 2.61. The number of likely N-dealkylation sites (tertiary alicyclic amines) is 1. The van der Waals surface area contributed by atoms with Gasteiger partial charge in [-0.15, -0.1) is 0 Å². The van der Waals surface area contributed by atoms with Crippen LogP contribution in [-0.2, 0) is 14.4 Å². The molecule has 1 atom stereocenters. The van der Waals surface area contributed by atoms with E-state index in [9.17, 15) is 22.8 Å². The molecule has 1 fully saturated rings. The monoisotopic (exact) mass is 284 g/mol. The molecule has 0 aromatic rings. The van der Waals surface area contributed by atoms with E-state index in [0.29, 0.717) is 12.8 Å². The highest BCUT2D eigenvalue weighted by molar-refractivity contribution is 5.85. The summed E-state index contributed by atoms with van der Waals surface area (Å²) in [5.74, 6) is -0.496. The molecule has 9 heteroatoms. The summed E-state index contributed by atoms with van der Waals surface area (Å²) in [6.45, 7) is -1.48. The molecule has 6 nitrogen and oxygen atoms in total. The molecule has 0 aromatic carbocycles. The third kappa shape index (κ3) is 4.27. The van der Waals surface area contributed by atoms with Crippen molar-refractivity contribution in [3.05, 3.63) is 0 Å². The molecule has 1 aliphatic heterocycles. The van der Waals surface area contributed by atoms with Crippen LogP contribution in [0.2, 0.25) is 0 Å². The molecule has 1 rings (SSSR count). The quantitative estimate of drug-likeness (QED) is 0.730. The summed E-state index contributed by atoms with van der Waals surface area (Å²) in [6, 6.07) is -0.842. The Labute approximate surface area is 108 Å². The topological polar surface area (TPSA) is 59.1 Å². The van der Waals surface area contributed by atoms with Gasteiger partial charge >= 0.3 is 12.3 Å². The standard InChI is InChI=1S/C10H15F3N2O4/c1-14(18-2)8(16)7-4-3-5-15(7)9(17)19-6-10(11,12)13/h7H,3-6H2,1-2H3/t7-/m1/s1. The molecule has 19 heavy (non-hydrogen) atoms. The average molecular weight is 284 g/mol. The van der Waals surface area contributed by atoms with Gasteiger partial charge in [-0.05, 0) is 12.8 Å². The number of hydrogen-bond acceptors (Lipinski definition) is 4. The van der Waals surface area contributed by atoms with Crippen LogP contribution in [-0.4, -0.2) is 61.5 Å². The molecule has 0 N–H and O–H groups in total. The molecule has 1 aliphatic rings. The number of halogens is 3. The molecule has 0 unspecified atom stereocenters. The predicted molar refractivity (Wildman–Crippen MR) is 56.9 cm³/mol. The highest BCUT2D eigenvalue weighted by atomic mass is 19.4. The summed E-state index contributed by atoms with van der Waals surface area (Å²) < 4.78 is 40.0. The second-order valence-corrected chi connectivity index (χ2v) is 4.04. The molecule has 1 saturated heterocycles. The maximum atomic E-state index is 12.0. The Bertz CT molecular complexity index is 348. The first-order valence-corrected chi connectivity index (χ1v) is 5.58. The van der Waals surface area contributed by atoms with Crippen molar-refractivity contribution in [1.82, 2.24) is 9.96 Å². The van der Waals surface area contributed by atoms with Gasteiger partial charge in [-0.2, -0.15) is 13.2 Å². The minimum Gasteiger partial charge on any atom is -0.440 e. The number of likely N-dealkylation sites (N-methyl/N-ethyl adjacent to an activating group) is 1. The van der Waals surface area contributed by atoms with E-state index in [0.717, 1.165) is 9.96 Å². The van der Waals surface area contributed by atoms with E-state index in [1.807, 2.05) is 0 Å². The van der Waals surface area contributed by atoms with Gasteiger partial charge in [-0.1, -0.05) is 0 Å². The van der Waals surface area contributed by atoms with Crippen LogP contribution in [0.5, 0.6) is 0 Å². The largest absolute Gasteiger partial charge is 0.440 e. The van der Waals surface area contributed by atoms with E-state index < -0.39 is 30.8 Å². The van der Waals surface area contributed by atoms with E-state index in [2.05, 4.69) is 4.74 Å². The van der Waals surface area contributed by atoms with Gasteiger partial charge in [0.15, 0.2) is 6.61 Å². The Morgan fingerprint density at radius 1 is 1.42 bits per heavy atom. The number of amides is 2. The van der Waals surface area contributed by atoms with Crippen molar-refractivity contribution >= 4 is 12.0 Å². The van der Waals surface area contributed by atoms with Gasteiger partial charge in [0.05, 0.1) is 7.11 Å². The number of carbonyl (C=O) groups excluding carboxylic acids is 2. The van der Waals surface area contributed by atoms with Crippen LogP contribution in [0.25, 0.3) is 0 Å². The van der Waals surface area contributed by atoms with E-state index in [4.69, 9.17) is 4.84 Å². The number of nitrogens with zero attached hydrogens (tertiary/aromatic N) is 2. The zero-order valence-electron chi connectivity index (χ0n) is 10.6. The summed E-state index contributed by atoms with van der Waals surface area (Å²) >= 11 is 0. The third-order valence-corrected chi connectivity index (χ3v) is 2.72. The third-order valence-electron chi connectivity index (χ3n) is 2.72. The molecule has 0 aliphatic carbocycles. The predicted octanol–water partition coefficient (Wildman–Crippen LogP) is 1.17. The zero-order valence-corrected chi connectivity index (χ0v) is 10.6. The molecule has 2 amide bonds. The van der Waals surface area contributed by atoms with Crippen LogP contribution >= 0.6 is 0 Å². The highest BCUT2D eigenvalue weighted by Crippen LogP contribution is 2.21. The second kappa shape index (κ2) is 6.09. The number of hydroxylamine groups is 2. The molecule has 0 radical (unpaired) electrons. The minimum absolute atomic E-state index is 0.185. The van der Waals surface area contributed by atoms with Crippen molar-refractivity contribution in [3.63, 3.8) is 0 Å². The Morgan fingerprint density at radius 3 is 2.58 bits per heavy atom. The number of rotatable bonds is 3. The summed E-state index contributed by atoms with van der Waals surface area (Å²) in [5, 5.41) is 0.931. The Morgan fingerprint density at radius 2 is 2.05 bits per heavy atom. The first kappa shape index (κ1) is 15.5. The average Bonchev–Trinajstić information content (AvgIpc) is 2.82. The van der Waals surface area contributed by atoms with E-state index in [1.165, 1.54) is 14.2 Å². The maximum absolute atomic E-state index is 12.0. The van der Waals surface area contributed by atoms with Gasteiger partial charge < -0.3 is 4.74 Å². The minimum atomic E-state index is -4.59. The van der Waals surface area contributed by atoms with Gasteiger partial charge in [-0.3, -0.25) is 14.5 Å². The van der Waals surface area contributed by atoms with Crippen molar-refractivity contribution in [3.8, 4) is 0 Å². The number of ether oxygens (including phenoxy) is 1. The number of hydrogen-bond donors (Lipinski definition) is 0. The SMILES string of the molecule is CON(C)C(=O)[C@H]1CCCN1C(=O)OCC(F)(F)F. The van der Waals surface area contributed by atoms with Gasteiger partial charge in [0.2, 0.25) is 0 Å². The molecular weight excluding hydrogens is 269 g/mol. The molecule has 1 heterocycles. The van der Waals surface area contributed by atoms with Crippen LogP contribution in [0, 0.1) is 0 Å². The molecule has 0 spiro atoms. The summed E-state index contributed by atoms with van der Waals surface area (Å²) in [5.41, 5.74) is 0. The molecule has 0 bridgehead atoms. The lowest BCUT2D eigenvalue weighted by Gasteiger charge is -2.26. The molecular formula is C10H15F3N2O4. The van der Waals surface area contributed by atoms with E-state index >= 15 is 0 Å². The highest BCUT2D eigenvalue weighted by Gasteiger charge is 2.38. The smallest absolute Gasteiger partial charge is 0.422 e. The van der Waals surface area contributed by atoms with Crippen molar-refractivity contribution in [2.24, 2.45) is 0 Å². The first-order valence-electron chi connectivity index (χ1n) is 5.58. The van der Waals surface area contributed by atoms with Gasteiger partial charge in [0.25, 0.3) is 5.91 Å². The fourth-order valence-corrected chi connectivity index (χ4v) is 1.77. The van der Waals surface area contributed by atoms with Crippen molar-refractivity contribution in [2.75, 3.05) is 27.3 Å². The van der Waals surface area contributed by atoms with E-state index in [-0.39, 0.29) is 6.54 Å². The number of alkyl halides is 3. The van der Waals surface area contributed by atoms with Crippen molar-refractivity contribution in [1.29, 1.82) is 0 Å². The normalized spacial score (nSPS) is 19.4. The van der Waals surface area contributed by atoms with Crippen LogP contribution in [0.1, 0.15) is 12.8 Å². The van der Waals surface area contributed by atoms with Crippen LogP contribution in [0.4, 0.5) is 18.0 Å². The number of carbonyl (C=O) groups is 2. The Kier molecular flexibility index (Phi) is 4.98. The fraction of sp³-hybridized carbons (Fsp3) is 0.800. The van der Waals surface area contributed by atoms with Gasteiger partial charge in [0, 0.05) is 13.6 Å². The van der Waals surface area contributed by atoms with Crippen molar-refractivity contribution < 1.29 is 32.3 Å². The molecule has 0 aromatic heterocycles. The first-order chi connectivity index (χ1) is 8.76. The Hall–Kier alpha value is -1.51. The van der Waals surface area contributed by atoms with Gasteiger partial charge in [-0.25, -0.2) is 9.86 Å². The maximum Gasteiger partial charge on any atom is 0.422 e.